The molecule has 3 rings (SSSR count). The molecule has 0 bridgehead atoms. The van der Waals surface area contributed by atoms with Gasteiger partial charge in [0.25, 0.3) is 0 Å². The van der Waals surface area contributed by atoms with E-state index in [9.17, 15) is 4.39 Å². The first-order chi connectivity index (χ1) is 10.8. The lowest BCUT2D eigenvalue weighted by molar-refractivity contribution is 0.0358. The number of morpholine rings is 1. The summed E-state index contributed by atoms with van der Waals surface area (Å²) < 4.78 is 25.2. The predicted molar refractivity (Wildman–Crippen MR) is 83.2 cm³/mol. The first-order valence-electron chi connectivity index (χ1n) is 7.85. The third-order valence-corrected chi connectivity index (χ3v) is 3.87. The van der Waals surface area contributed by atoms with Crippen LogP contribution in [-0.4, -0.2) is 63.3 Å². The molecule has 22 heavy (non-hydrogen) atoms. The quantitative estimate of drug-likeness (QED) is 0.804. The molecule has 2 heterocycles. The zero-order valence-electron chi connectivity index (χ0n) is 12.7. The Hall–Kier alpha value is -1.66. The van der Waals surface area contributed by atoms with E-state index in [2.05, 4.69) is 15.2 Å². The maximum Gasteiger partial charge on any atom is 0.137 e. The highest BCUT2D eigenvalue weighted by Crippen LogP contribution is 2.23. The van der Waals surface area contributed by atoms with Crippen molar-refractivity contribution in [3.63, 3.8) is 0 Å². The van der Waals surface area contributed by atoms with Crippen molar-refractivity contribution in [2.75, 3.05) is 52.5 Å². The van der Waals surface area contributed by atoms with Crippen molar-refractivity contribution < 1.29 is 13.9 Å². The lowest BCUT2D eigenvalue weighted by Gasteiger charge is -2.26. The summed E-state index contributed by atoms with van der Waals surface area (Å²) in [6.07, 6.45) is 0.913. The Morgan fingerprint density at radius 2 is 2.18 bits per heavy atom. The molecule has 5 nitrogen and oxygen atoms in total. The normalized spacial score (nSPS) is 18.9. The minimum Gasteiger partial charge on any atom is -0.493 e. The van der Waals surface area contributed by atoms with Crippen molar-refractivity contribution in [2.24, 2.45) is 4.99 Å². The van der Waals surface area contributed by atoms with Crippen molar-refractivity contribution >= 4 is 5.84 Å². The summed E-state index contributed by atoms with van der Waals surface area (Å²) in [5.74, 6) is 0.871. The number of nitrogens with zero attached hydrogens (tertiary/aromatic N) is 2. The van der Waals surface area contributed by atoms with Crippen molar-refractivity contribution in [3.05, 3.63) is 29.6 Å². The van der Waals surface area contributed by atoms with Gasteiger partial charge in [-0.3, -0.25) is 9.89 Å². The van der Waals surface area contributed by atoms with Gasteiger partial charge in [0.05, 0.1) is 31.9 Å². The molecule has 1 saturated heterocycles. The molecule has 0 saturated carbocycles. The highest BCUT2D eigenvalue weighted by molar-refractivity contribution is 6.02. The Morgan fingerprint density at radius 3 is 2.95 bits per heavy atom. The Bertz CT molecular complexity index is 530. The third-order valence-electron chi connectivity index (χ3n) is 3.87. The number of hydrogen-bond donors (Lipinski definition) is 1. The number of halogens is 1. The van der Waals surface area contributed by atoms with Crippen LogP contribution in [0.25, 0.3) is 0 Å². The van der Waals surface area contributed by atoms with E-state index in [0.717, 1.165) is 45.8 Å². The third kappa shape index (κ3) is 3.75. The van der Waals surface area contributed by atoms with E-state index < -0.39 is 0 Å². The van der Waals surface area contributed by atoms with E-state index in [4.69, 9.17) is 9.47 Å². The number of rotatable bonds is 6. The SMILES string of the molecule is Fc1cccc(OCCCN2CCOCC2)c1C1=NCCN1. The van der Waals surface area contributed by atoms with Gasteiger partial charge < -0.3 is 14.8 Å². The number of benzene rings is 1. The van der Waals surface area contributed by atoms with Crippen molar-refractivity contribution in [3.8, 4) is 5.75 Å². The first-order valence-corrected chi connectivity index (χ1v) is 7.85. The maximum atomic E-state index is 14.1. The molecule has 0 atom stereocenters. The Kier molecular flexibility index (Phi) is 5.24. The topological polar surface area (TPSA) is 46.1 Å². The molecule has 0 aromatic heterocycles. The summed E-state index contributed by atoms with van der Waals surface area (Å²) in [7, 11) is 0. The number of hydrogen-bond acceptors (Lipinski definition) is 5. The number of aliphatic imine (C=N–C) groups is 1. The smallest absolute Gasteiger partial charge is 0.137 e. The van der Waals surface area contributed by atoms with Crippen molar-refractivity contribution in [2.45, 2.75) is 6.42 Å². The monoisotopic (exact) mass is 307 g/mol. The van der Waals surface area contributed by atoms with Crippen LogP contribution < -0.4 is 10.1 Å². The van der Waals surface area contributed by atoms with Gasteiger partial charge in [0.15, 0.2) is 0 Å². The van der Waals surface area contributed by atoms with Crippen LogP contribution in [0, 0.1) is 5.82 Å². The molecule has 0 amide bonds. The highest BCUT2D eigenvalue weighted by atomic mass is 19.1. The standard InChI is InChI=1S/C16H22FN3O2/c17-13-3-1-4-14(15(13)16-18-5-6-19-16)22-10-2-7-20-8-11-21-12-9-20/h1,3-4H,2,5-12H2,(H,18,19). The van der Waals surface area contributed by atoms with E-state index in [0.29, 0.717) is 30.3 Å². The van der Waals surface area contributed by atoms with Crippen LogP contribution in [0.2, 0.25) is 0 Å². The molecule has 6 heteroatoms. The fourth-order valence-corrected chi connectivity index (χ4v) is 2.71. The molecule has 0 radical (unpaired) electrons. The lowest BCUT2D eigenvalue weighted by atomic mass is 10.1. The van der Waals surface area contributed by atoms with Gasteiger partial charge in [-0.15, -0.1) is 0 Å². The fourth-order valence-electron chi connectivity index (χ4n) is 2.71. The van der Waals surface area contributed by atoms with E-state index in [-0.39, 0.29) is 5.82 Å². The number of amidine groups is 1. The molecule has 0 spiro atoms. The van der Waals surface area contributed by atoms with Crippen LogP contribution in [0.5, 0.6) is 5.75 Å². The van der Waals surface area contributed by atoms with Crippen LogP contribution in [-0.2, 0) is 4.74 Å². The van der Waals surface area contributed by atoms with Gasteiger partial charge in [0, 0.05) is 26.2 Å². The molecule has 2 aliphatic rings. The van der Waals surface area contributed by atoms with Gasteiger partial charge in [-0.2, -0.15) is 0 Å². The van der Waals surface area contributed by atoms with Crippen LogP contribution in [0.1, 0.15) is 12.0 Å². The van der Waals surface area contributed by atoms with Crippen molar-refractivity contribution in [1.29, 1.82) is 0 Å². The largest absolute Gasteiger partial charge is 0.493 e. The molecule has 2 aliphatic heterocycles. The van der Waals surface area contributed by atoms with E-state index in [1.54, 1.807) is 12.1 Å². The minimum absolute atomic E-state index is 0.293. The van der Waals surface area contributed by atoms with Gasteiger partial charge in [-0.05, 0) is 18.6 Å². The van der Waals surface area contributed by atoms with Gasteiger partial charge >= 0.3 is 0 Å². The molecule has 1 N–H and O–H groups in total. The molecule has 120 valence electrons. The molecule has 1 aromatic rings. The molecule has 0 aliphatic carbocycles. The molecular weight excluding hydrogens is 285 g/mol. The van der Waals surface area contributed by atoms with Crippen LogP contribution >= 0.6 is 0 Å². The van der Waals surface area contributed by atoms with Crippen LogP contribution in [0.3, 0.4) is 0 Å². The summed E-state index contributed by atoms with van der Waals surface area (Å²) in [4.78, 5) is 6.66. The van der Waals surface area contributed by atoms with Crippen LogP contribution in [0.15, 0.2) is 23.2 Å². The first kappa shape index (κ1) is 15.2. The lowest BCUT2D eigenvalue weighted by Crippen LogP contribution is -2.37. The zero-order chi connectivity index (χ0) is 15.2. The summed E-state index contributed by atoms with van der Waals surface area (Å²) in [6.45, 7) is 6.55. The predicted octanol–water partition coefficient (Wildman–Crippen LogP) is 1.28. The van der Waals surface area contributed by atoms with E-state index in [1.165, 1.54) is 6.07 Å². The number of ether oxygens (including phenoxy) is 2. The second-order valence-electron chi connectivity index (χ2n) is 5.43. The summed E-state index contributed by atoms with van der Waals surface area (Å²) >= 11 is 0. The Balaban J connectivity index is 1.54. The van der Waals surface area contributed by atoms with Crippen LogP contribution in [0.4, 0.5) is 4.39 Å². The van der Waals surface area contributed by atoms with Gasteiger partial charge in [-0.1, -0.05) is 6.07 Å². The Labute approximate surface area is 130 Å². The Morgan fingerprint density at radius 1 is 1.32 bits per heavy atom. The second kappa shape index (κ2) is 7.56. The molecule has 1 aromatic carbocycles. The average molecular weight is 307 g/mol. The average Bonchev–Trinajstić information content (AvgIpc) is 3.06. The summed E-state index contributed by atoms with van der Waals surface area (Å²) in [6, 6.07) is 4.92. The van der Waals surface area contributed by atoms with E-state index in [1.807, 2.05) is 0 Å². The minimum atomic E-state index is -0.293. The van der Waals surface area contributed by atoms with Gasteiger partial charge in [0.1, 0.15) is 17.4 Å². The summed E-state index contributed by atoms with van der Waals surface area (Å²) in [5.41, 5.74) is 0.450. The second-order valence-corrected chi connectivity index (χ2v) is 5.43. The maximum absolute atomic E-state index is 14.1. The molecular formula is C16H22FN3O2. The van der Waals surface area contributed by atoms with E-state index >= 15 is 0 Å². The van der Waals surface area contributed by atoms with Gasteiger partial charge in [-0.25, -0.2) is 4.39 Å². The highest BCUT2D eigenvalue weighted by Gasteiger charge is 2.18. The fraction of sp³-hybridized carbons (Fsp3) is 0.562. The van der Waals surface area contributed by atoms with Gasteiger partial charge in [0.2, 0.25) is 0 Å². The molecule has 0 unspecified atom stereocenters. The zero-order valence-corrected chi connectivity index (χ0v) is 12.7. The summed E-state index contributed by atoms with van der Waals surface area (Å²) in [5, 5.41) is 3.10. The van der Waals surface area contributed by atoms with Crippen molar-refractivity contribution in [1.82, 2.24) is 10.2 Å². The number of nitrogens with one attached hydrogen (secondary N) is 1. The molecule has 1 fully saturated rings.